The van der Waals surface area contributed by atoms with Crippen LogP contribution >= 0.6 is 0 Å². The molecule has 1 aliphatic heterocycles. The monoisotopic (exact) mass is 209 g/mol. The van der Waals surface area contributed by atoms with Crippen molar-refractivity contribution in [2.75, 3.05) is 13.1 Å². The largest absolute Gasteiger partial charge is 0.316 e. The molecule has 0 aromatic carbocycles. The molecule has 0 radical (unpaired) electrons. The number of piperidine rings is 1. The third-order valence-electron chi connectivity index (χ3n) is 4.34. The van der Waals surface area contributed by atoms with Crippen molar-refractivity contribution in [3.63, 3.8) is 0 Å². The lowest BCUT2D eigenvalue weighted by molar-refractivity contribution is 0.178. The van der Waals surface area contributed by atoms with Gasteiger partial charge in [0.2, 0.25) is 0 Å². The smallest absolute Gasteiger partial charge is 0.00204 e. The molecule has 2 fully saturated rings. The van der Waals surface area contributed by atoms with Gasteiger partial charge in [0.15, 0.2) is 0 Å². The van der Waals surface area contributed by atoms with Crippen LogP contribution in [0, 0.1) is 23.7 Å². The molecule has 2 rings (SSSR count). The van der Waals surface area contributed by atoms with Gasteiger partial charge in [0.25, 0.3) is 0 Å². The maximum atomic E-state index is 3.55. The van der Waals surface area contributed by atoms with Gasteiger partial charge >= 0.3 is 0 Å². The fourth-order valence-corrected chi connectivity index (χ4v) is 3.90. The first-order chi connectivity index (χ1) is 7.24. The molecule has 1 N–H and O–H groups in total. The fraction of sp³-hybridized carbons (Fsp3) is 1.00. The van der Waals surface area contributed by atoms with Crippen molar-refractivity contribution < 1.29 is 0 Å². The average Bonchev–Trinajstić information content (AvgIpc) is 2.17. The van der Waals surface area contributed by atoms with E-state index in [1.807, 2.05) is 0 Å². The molecule has 1 saturated heterocycles. The fourth-order valence-electron chi connectivity index (χ4n) is 3.90. The predicted octanol–water partition coefficient (Wildman–Crippen LogP) is 3.45. The summed E-state index contributed by atoms with van der Waals surface area (Å²) in [6.45, 7) is 7.44. The second-order valence-electron chi connectivity index (χ2n) is 6.23. The Labute approximate surface area is 95.0 Å². The minimum absolute atomic E-state index is 0.982. The Kier molecular flexibility index (Phi) is 4.07. The zero-order chi connectivity index (χ0) is 10.7. The molecule has 0 bridgehead atoms. The zero-order valence-electron chi connectivity index (χ0n) is 10.5. The molecule has 1 heterocycles. The lowest BCUT2D eigenvalue weighted by atomic mass is 9.73. The van der Waals surface area contributed by atoms with Crippen molar-refractivity contribution in [3.05, 3.63) is 0 Å². The summed E-state index contributed by atoms with van der Waals surface area (Å²) < 4.78 is 0. The maximum Gasteiger partial charge on any atom is -0.00204 e. The average molecular weight is 209 g/mol. The van der Waals surface area contributed by atoms with Gasteiger partial charge in [-0.1, -0.05) is 13.8 Å². The molecule has 0 aromatic heterocycles. The van der Waals surface area contributed by atoms with Gasteiger partial charge in [0, 0.05) is 0 Å². The van der Waals surface area contributed by atoms with Gasteiger partial charge in [-0.15, -0.1) is 0 Å². The van der Waals surface area contributed by atoms with Gasteiger partial charge in [-0.25, -0.2) is 0 Å². The summed E-state index contributed by atoms with van der Waals surface area (Å²) in [6, 6.07) is 0. The van der Waals surface area contributed by atoms with Gasteiger partial charge in [-0.05, 0) is 75.3 Å². The molecule has 15 heavy (non-hydrogen) atoms. The third kappa shape index (κ3) is 3.48. The highest BCUT2D eigenvalue weighted by Gasteiger charge is 2.26. The van der Waals surface area contributed by atoms with E-state index in [2.05, 4.69) is 19.2 Å². The summed E-state index contributed by atoms with van der Waals surface area (Å²) in [6.07, 6.45) is 8.86. The van der Waals surface area contributed by atoms with Crippen molar-refractivity contribution >= 4 is 0 Å². The van der Waals surface area contributed by atoms with E-state index in [-0.39, 0.29) is 0 Å². The lowest BCUT2D eigenvalue weighted by Gasteiger charge is -2.34. The van der Waals surface area contributed by atoms with Crippen LogP contribution in [-0.4, -0.2) is 13.1 Å². The predicted molar refractivity (Wildman–Crippen MR) is 65.9 cm³/mol. The molecule has 0 amide bonds. The maximum absolute atomic E-state index is 3.55. The van der Waals surface area contributed by atoms with Crippen LogP contribution in [-0.2, 0) is 0 Å². The van der Waals surface area contributed by atoms with Crippen molar-refractivity contribution in [2.24, 2.45) is 23.7 Å². The van der Waals surface area contributed by atoms with E-state index in [0.717, 1.165) is 23.7 Å². The molecule has 88 valence electrons. The summed E-state index contributed by atoms with van der Waals surface area (Å²) in [5, 5.41) is 3.55. The van der Waals surface area contributed by atoms with Gasteiger partial charge < -0.3 is 5.32 Å². The van der Waals surface area contributed by atoms with Crippen molar-refractivity contribution in [1.29, 1.82) is 0 Å². The summed E-state index contributed by atoms with van der Waals surface area (Å²) in [5.74, 6) is 3.99. The zero-order valence-corrected chi connectivity index (χ0v) is 10.5. The molecule has 1 nitrogen and oxygen atoms in total. The van der Waals surface area contributed by atoms with Crippen LogP contribution in [0.3, 0.4) is 0 Å². The Morgan fingerprint density at radius 3 is 2.33 bits per heavy atom. The first-order valence-electron chi connectivity index (χ1n) is 6.94. The Bertz CT molecular complexity index is 174. The van der Waals surface area contributed by atoms with Crippen molar-refractivity contribution in [3.8, 4) is 0 Å². The molecule has 1 aliphatic carbocycles. The highest BCUT2D eigenvalue weighted by atomic mass is 14.9. The molecule has 1 heteroatoms. The van der Waals surface area contributed by atoms with Gasteiger partial charge in [0.1, 0.15) is 0 Å². The first-order valence-corrected chi connectivity index (χ1v) is 6.94. The number of hydrogen-bond donors (Lipinski definition) is 1. The Morgan fingerprint density at radius 1 is 1.00 bits per heavy atom. The second-order valence-corrected chi connectivity index (χ2v) is 6.23. The van der Waals surface area contributed by atoms with Crippen molar-refractivity contribution in [1.82, 2.24) is 5.32 Å². The molecule has 3 atom stereocenters. The Balaban J connectivity index is 1.77. The SMILES string of the molecule is CC1CC(C)CC(CC2CCCNC2)C1. The minimum Gasteiger partial charge on any atom is -0.316 e. The van der Waals surface area contributed by atoms with Gasteiger partial charge in [-0.3, -0.25) is 0 Å². The Morgan fingerprint density at radius 2 is 1.73 bits per heavy atom. The van der Waals surface area contributed by atoms with E-state index in [0.29, 0.717) is 0 Å². The molecular formula is C14H27N. The first kappa shape index (κ1) is 11.4. The van der Waals surface area contributed by atoms with E-state index in [9.17, 15) is 0 Å². The van der Waals surface area contributed by atoms with Crippen molar-refractivity contribution in [2.45, 2.75) is 52.4 Å². The molecule has 0 aromatic rings. The Hall–Kier alpha value is -0.0400. The molecule has 0 spiro atoms. The highest BCUT2D eigenvalue weighted by Crippen LogP contribution is 2.37. The molecule has 2 aliphatic rings. The summed E-state index contributed by atoms with van der Waals surface area (Å²) >= 11 is 0. The second kappa shape index (κ2) is 5.34. The number of nitrogens with one attached hydrogen (secondary N) is 1. The normalized spacial score (nSPS) is 42.8. The van der Waals surface area contributed by atoms with Crippen LogP contribution < -0.4 is 5.32 Å². The number of hydrogen-bond acceptors (Lipinski definition) is 1. The minimum atomic E-state index is 0.982. The van der Waals surface area contributed by atoms with Crippen LogP contribution in [0.25, 0.3) is 0 Å². The lowest BCUT2D eigenvalue weighted by Crippen LogP contribution is -2.32. The van der Waals surface area contributed by atoms with E-state index < -0.39 is 0 Å². The van der Waals surface area contributed by atoms with Crippen LogP contribution in [0.5, 0.6) is 0 Å². The highest BCUT2D eigenvalue weighted by molar-refractivity contribution is 4.79. The third-order valence-corrected chi connectivity index (χ3v) is 4.34. The van der Waals surface area contributed by atoms with E-state index >= 15 is 0 Å². The summed E-state index contributed by atoms with van der Waals surface area (Å²) in [4.78, 5) is 0. The van der Waals surface area contributed by atoms with Crippen LogP contribution in [0.1, 0.15) is 52.4 Å². The molecule has 3 unspecified atom stereocenters. The summed E-state index contributed by atoms with van der Waals surface area (Å²) in [5.41, 5.74) is 0. The standard InChI is InChI=1S/C14H27N/c1-11-6-12(2)8-14(7-11)9-13-4-3-5-15-10-13/h11-15H,3-10H2,1-2H3. The van der Waals surface area contributed by atoms with E-state index in [1.165, 1.54) is 51.6 Å². The summed E-state index contributed by atoms with van der Waals surface area (Å²) in [7, 11) is 0. The number of rotatable bonds is 2. The van der Waals surface area contributed by atoms with Gasteiger partial charge in [0.05, 0.1) is 0 Å². The van der Waals surface area contributed by atoms with Crippen LogP contribution in [0.15, 0.2) is 0 Å². The van der Waals surface area contributed by atoms with E-state index in [4.69, 9.17) is 0 Å². The topological polar surface area (TPSA) is 12.0 Å². The molecular weight excluding hydrogens is 182 g/mol. The molecule has 1 saturated carbocycles. The quantitative estimate of drug-likeness (QED) is 0.734. The van der Waals surface area contributed by atoms with Crippen LogP contribution in [0.4, 0.5) is 0 Å². The van der Waals surface area contributed by atoms with Crippen LogP contribution in [0.2, 0.25) is 0 Å². The van der Waals surface area contributed by atoms with Gasteiger partial charge in [-0.2, -0.15) is 0 Å². The van der Waals surface area contributed by atoms with E-state index in [1.54, 1.807) is 0 Å².